The number of ether oxygens (including phenoxy) is 2. The number of hydrogen-bond donors (Lipinski definition) is 0. The second-order valence-electron chi connectivity index (χ2n) is 3.12. The molecule has 1 heterocycles. The van der Waals surface area contributed by atoms with E-state index in [4.69, 9.17) is 9.47 Å². The molecule has 1 unspecified atom stereocenters. The van der Waals surface area contributed by atoms with Crippen LogP contribution in [0, 0.1) is 0 Å². The number of carbonyl (C=O) groups is 2. The highest BCUT2D eigenvalue weighted by Crippen LogP contribution is 2.06. The Kier molecular flexibility index (Phi) is 4.60. The van der Waals surface area contributed by atoms with E-state index in [1.807, 2.05) is 6.92 Å². The molecule has 0 aromatic carbocycles. The molecule has 0 fully saturated rings. The lowest BCUT2D eigenvalue weighted by Crippen LogP contribution is -2.12. The first-order valence-corrected chi connectivity index (χ1v) is 4.92. The highest BCUT2D eigenvalue weighted by atomic mass is 16.5. The van der Waals surface area contributed by atoms with Gasteiger partial charge < -0.3 is 9.47 Å². The van der Waals surface area contributed by atoms with Crippen LogP contribution in [0.25, 0.3) is 0 Å². The van der Waals surface area contributed by atoms with Crippen LogP contribution in [0.4, 0.5) is 0 Å². The highest BCUT2D eigenvalue weighted by molar-refractivity contribution is 5.96. The summed E-state index contributed by atoms with van der Waals surface area (Å²) in [7, 11) is 0. The summed E-state index contributed by atoms with van der Waals surface area (Å²) in [5.74, 6) is -0.315. The van der Waals surface area contributed by atoms with Crippen molar-refractivity contribution in [2.24, 2.45) is 0 Å². The minimum absolute atomic E-state index is 0.0915. The van der Waals surface area contributed by atoms with Gasteiger partial charge in [0.1, 0.15) is 6.61 Å². The molecule has 15 heavy (non-hydrogen) atoms. The van der Waals surface area contributed by atoms with Crippen molar-refractivity contribution in [1.29, 1.82) is 0 Å². The van der Waals surface area contributed by atoms with Crippen molar-refractivity contribution >= 4 is 11.8 Å². The maximum atomic E-state index is 11.0. The van der Waals surface area contributed by atoms with Crippen LogP contribution in [-0.4, -0.2) is 24.5 Å². The molecule has 0 saturated heterocycles. The lowest BCUT2D eigenvalue weighted by molar-refractivity contribution is -0.142. The van der Waals surface area contributed by atoms with E-state index in [2.05, 4.69) is 0 Å². The summed E-state index contributed by atoms with van der Waals surface area (Å²) in [6.07, 6.45) is 6.59. The van der Waals surface area contributed by atoms with Crippen molar-refractivity contribution in [3.63, 3.8) is 0 Å². The third kappa shape index (κ3) is 3.97. The van der Waals surface area contributed by atoms with Crippen LogP contribution in [0.1, 0.15) is 19.8 Å². The van der Waals surface area contributed by atoms with Gasteiger partial charge in [-0.25, -0.2) is 0 Å². The van der Waals surface area contributed by atoms with Crippen molar-refractivity contribution in [3.8, 4) is 0 Å². The summed E-state index contributed by atoms with van der Waals surface area (Å²) in [4.78, 5) is 22.0. The maximum Gasteiger partial charge on any atom is 0.306 e. The molecule has 0 aromatic heterocycles. The second kappa shape index (κ2) is 6.01. The van der Waals surface area contributed by atoms with E-state index in [9.17, 15) is 9.59 Å². The summed E-state index contributed by atoms with van der Waals surface area (Å²) in [6, 6.07) is 0. The molecule has 0 aliphatic carbocycles. The van der Waals surface area contributed by atoms with Gasteiger partial charge in [0.2, 0.25) is 5.78 Å². The van der Waals surface area contributed by atoms with Crippen LogP contribution in [0.2, 0.25) is 0 Å². The number of carbonyl (C=O) groups excluding carboxylic acids is 2. The topological polar surface area (TPSA) is 52.6 Å². The van der Waals surface area contributed by atoms with Crippen molar-refractivity contribution < 1.29 is 19.1 Å². The van der Waals surface area contributed by atoms with Gasteiger partial charge in [0.15, 0.2) is 6.10 Å². The standard InChI is InChI=1S/C11H14O4/c1-2-4-11(13)15-7-3-5-10-9(12)6-8-14-10/h3,5-6,8,10H,2,4,7H2,1H3/b5-3+. The quantitative estimate of drug-likeness (QED) is 0.508. The average Bonchev–Trinajstić information content (AvgIpc) is 2.60. The zero-order valence-electron chi connectivity index (χ0n) is 8.64. The van der Waals surface area contributed by atoms with E-state index >= 15 is 0 Å². The molecule has 1 rings (SSSR count). The van der Waals surface area contributed by atoms with Crippen molar-refractivity contribution in [2.45, 2.75) is 25.9 Å². The molecule has 1 atom stereocenters. The molecule has 0 saturated carbocycles. The van der Waals surface area contributed by atoms with Crippen molar-refractivity contribution in [3.05, 3.63) is 24.5 Å². The van der Waals surface area contributed by atoms with E-state index in [1.165, 1.54) is 12.3 Å². The van der Waals surface area contributed by atoms with Gasteiger partial charge in [-0.3, -0.25) is 9.59 Å². The molecule has 1 aliphatic heterocycles. The second-order valence-corrected chi connectivity index (χ2v) is 3.12. The molecule has 0 amide bonds. The Labute approximate surface area is 88.6 Å². The number of esters is 1. The molecule has 0 aromatic rings. The summed E-state index contributed by atoms with van der Waals surface area (Å²) in [5, 5.41) is 0. The minimum atomic E-state index is -0.546. The van der Waals surface area contributed by atoms with Gasteiger partial charge in [-0.05, 0) is 18.6 Å². The Morgan fingerprint density at radius 3 is 3.07 bits per heavy atom. The van der Waals surface area contributed by atoms with Gasteiger partial charge in [0.05, 0.1) is 6.26 Å². The van der Waals surface area contributed by atoms with Gasteiger partial charge in [-0.15, -0.1) is 0 Å². The molecule has 0 bridgehead atoms. The Hall–Kier alpha value is -1.58. The lowest BCUT2D eigenvalue weighted by Gasteiger charge is -2.02. The average molecular weight is 210 g/mol. The SMILES string of the molecule is CCCC(=O)OC/C=C/C1OC=CC1=O. The molecule has 0 spiro atoms. The Morgan fingerprint density at radius 1 is 1.67 bits per heavy atom. The summed E-state index contributed by atoms with van der Waals surface area (Å²) >= 11 is 0. The fourth-order valence-electron chi connectivity index (χ4n) is 1.09. The van der Waals surface area contributed by atoms with Crippen LogP contribution in [0.15, 0.2) is 24.5 Å². The first-order valence-electron chi connectivity index (χ1n) is 4.92. The van der Waals surface area contributed by atoms with Gasteiger partial charge in [0.25, 0.3) is 0 Å². The summed E-state index contributed by atoms with van der Waals surface area (Å²) in [5.41, 5.74) is 0. The number of hydrogen-bond acceptors (Lipinski definition) is 4. The molecule has 4 nitrogen and oxygen atoms in total. The Balaban J connectivity index is 2.17. The monoisotopic (exact) mass is 210 g/mol. The third-order valence-corrected chi connectivity index (χ3v) is 1.84. The van der Waals surface area contributed by atoms with Gasteiger partial charge in [-0.1, -0.05) is 6.92 Å². The van der Waals surface area contributed by atoms with Crippen LogP contribution >= 0.6 is 0 Å². The first-order chi connectivity index (χ1) is 7.24. The molecule has 1 aliphatic rings. The van der Waals surface area contributed by atoms with E-state index in [0.717, 1.165) is 6.42 Å². The van der Waals surface area contributed by atoms with Crippen LogP contribution in [-0.2, 0) is 19.1 Å². The molecule has 82 valence electrons. The fourth-order valence-corrected chi connectivity index (χ4v) is 1.09. The van der Waals surface area contributed by atoms with E-state index in [-0.39, 0.29) is 18.4 Å². The first kappa shape index (κ1) is 11.5. The van der Waals surface area contributed by atoms with E-state index in [1.54, 1.807) is 12.2 Å². The summed E-state index contributed by atoms with van der Waals surface area (Å²) < 4.78 is 9.83. The zero-order valence-corrected chi connectivity index (χ0v) is 8.64. The van der Waals surface area contributed by atoms with Crippen LogP contribution < -0.4 is 0 Å². The normalized spacial score (nSPS) is 19.5. The predicted octanol–water partition coefficient (Wildman–Crippen LogP) is 1.37. The molecular weight excluding hydrogens is 196 g/mol. The molecular formula is C11H14O4. The Morgan fingerprint density at radius 2 is 2.47 bits per heavy atom. The predicted molar refractivity (Wildman–Crippen MR) is 54.0 cm³/mol. The molecule has 4 heteroatoms. The molecule has 0 N–H and O–H groups in total. The Bertz CT molecular complexity index is 291. The van der Waals surface area contributed by atoms with Crippen molar-refractivity contribution in [2.75, 3.05) is 6.61 Å². The van der Waals surface area contributed by atoms with Gasteiger partial charge in [0, 0.05) is 12.5 Å². The summed E-state index contributed by atoms with van der Waals surface area (Å²) in [6.45, 7) is 2.10. The third-order valence-electron chi connectivity index (χ3n) is 1.84. The van der Waals surface area contributed by atoms with Gasteiger partial charge >= 0.3 is 5.97 Å². The highest BCUT2D eigenvalue weighted by Gasteiger charge is 2.17. The zero-order chi connectivity index (χ0) is 11.1. The minimum Gasteiger partial charge on any atom is -0.486 e. The van der Waals surface area contributed by atoms with E-state index < -0.39 is 6.10 Å². The van der Waals surface area contributed by atoms with Crippen molar-refractivity contribution in [1.82, 2.24) is 0 Å². The van der Waals surface area contributed by atoms with Crippen LogP contribution in [0.3, 0.4) is 0 Å². The smallest absolute Gasteiger partial charge is 0.306 e. The maximum absolute atomic E-state index is 11.0. The largest absolute Gasteiger partial charge is 0.486 e. The molecule has 0 radical (unpaired) electrons. The van der Waals surface area contributed by atoms with E-state index in [0.29, 0.717) is 6.42 Å². The number of ketones is 1. The van der Waals surface area contributed by atoms with Gasteiger partial charge in [-0.2, -0.15) is 0 Å². The number of rotatable bonds is 5. The lowest BCUT2D eigenvalue weighted by atomic mass is 10.2. The fraction of sp³-hybridized carbons (Fsp3) is 0.455. The van der Waals surface area contributed by atoms with Crippen LogP contribution in [0.5, 0.6) is 0 Å².